The largest absolute Gasteiger partial charge is 1.00 e. The zero-order valence-electron chi connectivity index (χ0n) is 22.4. The minimum absolute atomic E-state index is 0. The van der Waals surface area contributed by atoms with Crippen LogP contribution in [0.1, 0.15) is 103 Å². The van der Waals surface area contributed by atoms with Gasteiger partial charge in [0.25, 0.3) is 0 Å². The number of hydrogen-bond acceptors (Lipinski definition) is 8. The monoisotopic (exact) mass is 549 g/mol. The second kappa shape index (κ2) is 26.7. The molecule has 0 aliphatic rings. The Morgan fingerprint density at radius 3 is 1.86 bits per heavy atom. The first-order chi connectivity index (χ1) is 16.2. The van der Waals surface area contributed by atoms with Gasteiger partial charge in [-0.2, -0.15) is 0 Å². The minimum Gasteiger partial charge on any atom is -0.747 e. The number of hydrogen-bond donors (Lipinski definition) is 1. The van der Waals surface area contributed by atoms with Gasteiger partial charge < -0.3 is 24.5 Å². The van der Waals surface area contributed by atoms with Gasteiger partial charge in [-0.3, -0.25) is 9.59 Å². The molecular weight excluding hydrogens is 508 g/mol. The molecule has 36 heavy (non-hydrogen) atoms. The van der Waals surface area contributed by atoms with Crippen LogP contribution in [0.5, 0.6) is 0 Å². The van der Waals surface area contributed by atoms with Crippen LogP contribution in [0, 0.1) is 0 Å². The van der Waals surface area contributed by atoms with Crippen LogP contribution >= 0.6 is 0 Å². The maximum absolute atomic E-state index is 11.8. The van der Waals surface area contributed by atoms with Crippen molar-refractivity contribution in [3.05, 3.63) is 12.2 Å². The molecule has 0 spiro atoms. The molecule has 1 atom stereocenters. The summed E-state index contributed by atoms with van der Waals surface area (Å²) in [5.74, 6) is -3.54. The summed E-state index contributed by atoms with van der Waals surface area (Å²) in [5, 5.41) is 10.6. The van der Waals surface area contributed by atoms with Gasteiger partial charge in [0.15, 0.2) is 5.25 Å². The molecule has 0 aliphatic carbocycles. The van der Waals surface area contributed by atoms with Gasteiger partial charge in [-0.15, -0.1) is 0 Å². The smallest absolute Gasteiger partial charge is 0.747 e. The van der Waals surface area contributed by atoms with Crippen molar-refractivity contribution in [3.8, 4) is 0 Å². The molecule has 0 aromatic heterocycles. The third-order valence-electron chi connectivity index (χ3n) is 5.30. The van der Waals surface area contributed by atoms with Crippen LogP contribution in [0.15, 0.2) is 12.2 Å². The molecule has 0 aromatic rings. The van der Waals surface area contributed by atoms with Gasteiger partial charge in [-0.05, 0) is 32.1 Å². The molecule has 12 heteroatoms. The summed E-state index contributed by atoms with van der Waals surface area (Å²) in [6, 6.07) is 0. The van der Waals surface area contributed by atoms with Crippen molar-refractivity contribution >= 4 is 28.0 Å². The molecule has 0 aliphatic heterocycles. The second-order valence-corrected chi connectivity index (χ2v) is 9.96. The summed E-state index contributed by atoms with van der Waals surface area (Å²) in [6.07, 6.45) is 18.8. The van der Waals surface area contributed by atoms with Crippen molar-refractivity contribution in [2.45, 2.75) is 108 Å². The minimum atomic E-state index is -5.18. The number of aliphatic carboxylic acids is 1. The predicted octanol–water partition coefficient (Wildman–Crippen LogP) is -3.25. The molecule has 9 nitrogen and oxygen atoms in total. The first-order valence-corrected chi connectivity index (χ1v) is 13.9. The number of carbonyl (C=O) groups excluding carboxylic acids is 3. The SMILES string of the molecule is CCCCCCCC/C=C\CCCCCCCC(=O)NCCOC(=O)C(CC(=O)[O-])S(=O)(=O)[O-].[Na+].[Na+]. The van der Waals surface area contributed by atoms with Crippen LogP contribution in [0.2, 0.25) is 0 Å². The number of unbranched alkanes of at least 4 members (excludes halogenated alkanes) is 11. The fraction of sp³-hybridized carbons (Fsp3) is 0.792. The molecule has 0 fully saturated rings. The second-order valence-electron chi connectivity index (χ2n) is 8.41. The Kier molecular flexibility index (Phi) is 30.0. The fourth-order valence-corrected chi connectivity index (χ4v) is 3.98. The number of carboxylic acids is 1. The van der Waals surface area contributed by atoms with E-state index in [1.54, 1.807) is 0 Å². The quantitative estimate of drug-likeness (QED) is 0.0486. The van der Waals surface area contributed by atoms with E-state index in [-0.39, 0.29) is 78.2 Å². The molecule has 1 N–H and O–H groups in total. The van der Waals surface area contributed by atoms with Crippen molar-refractivity contribution < 1.29 is 96.3 Å². The standard InChI is InChI=1S/C24H43NO8S.2Na/c1-2-3-4-5-6-7-8-9-10-11-12-13-14-15-16-17-22(26)25-18-19-33-24(29)21(20-23(27)28)34(30,31)32;;/h9-10,21H,2-8,11-20H2,1H3,(H,25,26)(H,27,28)(H,30,31,32);;/q;2*+1/p-2/b10-9-;;. The molecule has 0 saturated carbocycles. The number of allylic oxidation sites excluding steroid dienone is 2. The van der Waals surface area contributed by atoms with E-state index in [1.807, 2.05) is 0 Å². The van der Waals surface area contributed by atoms with Crippen molar-refractivity contribution in [1.82, 2.24) is 5.32 Å². The summed E-state index contributed by atoms with van der Waals surface area (Å²) < 4.78 is 37.4. The van der Waals surface area contributed by atoms with Crippen molar-refractivity contribution in [3.63, 3.8) is 0 Å². The summed E-state index contributed by atoms with van der Waals surface area (Å²) >= 11 is 0. The number of ether oxygens (including phenoxy) is 1. The summed E-state index contributed by atoms with van der Waals surface area (Å²) in [5.41, 5.74) is 0. The third-order valence-corrected chi connectivity index (χ3v) is 6.35. The zero-order valence-corrected chi connectivity index (χ0v) is 27.2. The van der Waals surface area contributed by atoms with Gasteiger partial charge in [0, 0.05) is 18.8 Å². The molecule has 0 heterocycles. The summed E-state index contributed by atoms with van der Waals surface area (Å²) in [7, 11) is -5.18. The van der Waals surface area contributed by atoms with Crippen LogP contribution < -0.4 is 69.5 Å². The maximum atomic E-state index is 11.8. The Labute approximate surface area is 261 Å². The normalized spacial score (nSPS) is 11.8. The van der Waals surface area contributed by atoms with E-state index in [0.29, 0.717) is 6.42 Å². The molecule has 0 rings (SSSR count). The van der Waals surface area contributed by atoms with Gasteiger partial charge in [0.2, 0.25) is 5.91 Å². The number of amides is 1. The zero-order chi connectivity index (χ0) is 25.7. The Bertz CT molecular complexity index is 717. The van der Waals surface area contributed by atoms with Gasteiger partial charge in [-0.1, -0.05) is 70.4 Å². The van der Waals surface area contributed by atoms with Crippen LogP contribution in [0.4, 0.5) is 0 Å². The van der Waals surface area contributed by atoms with Crippen LogP contribution in [-0.2, 0) is 29.2 Å². The number of carbonyl (C=O) groups is 3. The van der Waals surface area contributed by atoms with E-state index in [4.69, 9.17) is 0 Å². The van der Waals surface area contributed by atoms with Gasteiger partial charge in [-0.25, -0.2) is 8.42 Å². The number of nitrogens with one attached hydrogen (secondary N) is 1. The Balaban J connectivity index is -0.00000544. The molecule has 0 saturated heterocycles. The molecule has 0 radical (unpaired) electrons. The topological polar surface area (TPSA) is 153 Å². The first kappa shape index (κ1) is 40.6. The first-order valence-electron chi connectivity index (χ1n) is 12.4. The van der Waals surface area contributed by atoms with Crippen LogP contribution in [0.25, 0.3) is 0 Å². The Morgan fingerprint density at radius 1 is 0.861 bits per heavy atom. The van der Waals surface area contributed by atoms with Gasteiger partial charge in [0.1, 0.15) is 16.7 Å². The van der Waals surface area contributed by atoms with Gasteiger partial charge >= 0.3 is 65.1 Å². The van der Waals surface area contributed by atoms with Crippen molar-refractivity contribution in [1.29, 1.82) is 0 Å². The van der Waals surface area contributed by atoms with E-state index < -0.39 is 33.7 Å². The summed E-state index contributed by atoms with van der Waals surface area (Å²) in [4.78, 5) is 33.8. The average Bonchev–Trinajstić information content (AvgIpc) is 2.76. The van der Waals surface area contributed by atoms with Crippen molar-refractivity contribution in [2.24, 2.45) is 0 Å². The van der Waals surface area contributed by atoms with Crippen molar-refractivity contribution in [2.75, 3.05) is 13.2 Å². The summed E-state index contributed by atoms with van der Waals surface area (Å²) in [6.45, 7) is 1.80. The van der Waals surface area contributed by atoms with E-state index in [1.165, 1.54) is 44.9 Å². The number of rotatable bonds is 22. The molecule has 1 amide bonds. The predicted molar refractivity (Wildman–Crippen MR) is 127 cm³/mol. The average molecular weight is 550 g/mol. The molecule has 198 valence electrons. The maximum Gasteiger partial charge on any atom is 1.00 e. The third kappa shape index (κ3) is 25.7. The van der Waals surface area contributed by atoms with Crippen LogP contribution in [-0.4, -0.2) is 49.2 Å². The van der Waals surface area contributed by atoms with E-state index >= 15 is 0 Å². The van der Waals surface area contributed by atoms with E-state index in [0.717, 1.165) is 38.5 Å². The van der Waals surface area contributed by atoms with Gasteiger partial charge in [0.05, 0.1) is 6.54 Å². The van der Waals surface area contributed by atoms with Crippen LogP contribution in [0.3, 0.4) is 0 Å². The van der Waals surface area contributed by atoms with E-state index in [2.05, 4.69) is 29.1 Å². The molecular formula is C24H41NNa2O8S. The molecule has 0 aromatic carbocycles. The molecule has 0 bridgehead atoms. The number of esters is 1. The van der Waals surface area contributed by atoms with E-state index in [9.17, 15) is 32.5 Å². The molecule has 1 unspecified atom stereocenters. The Hall–Kier alpha value is 0.0600. The number of carboxylic acid groups (broad SMARTS) is 1. The Morgan fingerprint density at radius 2 is 1.36 bits per heavy atom. The fourth-order valence-electron chi connectivity index (χ4n) is 3.33.